The molecule has 3 aliphatic rings. The van der Waals surface area contributed by atoms with Crippen molar-refractivity contribution >= 4 is 77.0 Å². The molecule has 7 heterocycles. The monoisotopic (exact) mass is 918 g/mol. The van der Waals surface area contributed by atoms with Crippen molar-refractivity contribution in [2.45, 2.75) is 127 Å². The van der Waals surface area contributed by atoms with E-state index in [0.29, 0.717) is 11.2 Å². The van der Waals surface area contributed by atoms with Crippen LogP contribution in [-0.4, -0.2) is 105 Å². The van der Waals surface area contributed by atoms with Crippen LogP contribution < -0.4 is 11.3 Å². The molecule has 0 radical (unpaired) electrons. The molecule has 2 bridgehead atoms. The third-order valence-corrected chi connectivity index (χ3v) is 23.9. The van der Waals surface area contributed by atoms with Crippen molar-refractivity contribution in [3.8, 4) is 0 Å². The number of ether oxygens (including phenoxy) is 2. The van der Waals surface area contributed by atoms with Gasteiger partial charge >= 0.3 is 13.5 Å². The van der Waals surface area contributed by atoms with Crippen molar-refractivity contribution in [2.75, 3.05) is 18.9 Å². The molecule has 320 valence electrons. The maximum Gasteiger partial charge on any atom is 0.386 e. The van der Waals surface area contributed by atoms with Crippen LogP contribution in [0.2, 0.25) is 36.3 Å². The number of hydrogen-bond acceptors (Lipinski definition) is 16. The number of aromatic nitrogens is 7. The van der Waals surface area contributed by atoms with Crippen molar-refractivity contribution in [1.29, 1.82) is 0 Å². The number of nitrogen functional groups attached to an aromatic ring is 1. The highest BCUT2D eigenvalue weighted by molar-refractivity contribution is 8.44. The molecule has 19 nitrogen and oxygen atoms in total. The molecule has 0 aromatic carbocycles. The predicted molar refractivity (Wildman–Crippen MR) is 226 cm³/mol. The smallest absolute Gasteiger partial charge is 0.386 e. The number of fused-ring (bicyclic) bond motifs is 5. The van der Waals surface area contributed by atoms with E-state index in [-0.39, 0.29) is 33.8 Å². The van der Waals surface area contributed by atoms with Gasteiger partial charge in [-0.1, -0.05) is 53.8 Å². The highest BCUT2D eigenvalue weighted by atomic mass is 32.7. The zero-order valence-corrected chi connectivity index (χ0v) is 39.5. The second-order valence-electron chi connectivity index (χ2n) is 17.7. The molecular weight excluding hydrogens is 867 g/mol. The summed E-state index contributed by atoms with van der Waals surface area (Å²) in [5.74, 6) is 0.394. The van der Waals surface area contributed by atoms with Crippen molar-refractivity contribution in [3.05, 3.63) is 47.7 Å². The normalized spacial score (nSPS) is 33.2. The third kappa shape index (κ3) is 8.47. The Balaban J connectivity index is 1.31. The highest BCUT2D eigenvalue weighted by Gasteiger charge is 2.57. The Morgan fingerprint density at radius 2 is 1.52 bits per heavy atom. The average molecular weight is 919 g/mol. The fraction of sp³-hybridized carbons (Fsp3) is 0.667. The molecule has 7 rings (SSSR count). The van der Waals surface area contributed by atoms with Gasteiger partial charge in [-0.3, -0.25) is 31.9 Å². The zero-order valence-electron chi connectivity index (χ0n) is 34.0. The topological polar surface area (TPSA) is 220 Å². The van der Waals surface area contributed by atoms with Crippen LogP contribution in [0, 0.1) is 0 Å². The minimum absolute atomic E-state index is 0.166. The first kappa shape index (κ1) is 44.1. The summed E-state index contributed by atoms with van der Waals surface area (Å²) in [6, 6.07) is 1.35. The van der Waals surface area contributed by atoms with Crippen molar-refractivity contribution in [1.82, 2.24) is 33.5 Å². The van der Waals surface area contributed by atoms with Crippen LogP contribution in [0.15, 0.2) is 42.1 Å². The first-order valence-electron chi connectivity index (χ1n) is 18.7. The number of rotatable bonds is 6. The van der Waals surface area contributed by atoms with E-state index in [4.69, 9.17) is 54.0 Å². The van der Waals surface area contributed by atoms with Gasteiger partial charge < -0.3 is 33.5 Å². The van der Waals surface area contributed by atoms with E-state index in [0.717, 1.165) is 0 Å². The first-order chi connectivity index (χ1) is 26.8. The van der Waals surface area contributed by atoms with E-state index in [1.807, 2.05) is 13.1 Å². The van der Waals surface area contributed by atoms with E-state index in [1.54, 1.807) is 9.13 Å². The Morgan fingerprint density at radius 1 is 0.879 bits per heavy atom. The molecule has 10 atom stereocenters. The van der Waals surface area contributed by atoms with Crippen LogP contribution in [-0.2, 0) is 52.8 Å². The Kier molecular flexibility index (Phi) is 11.8. The van der Waals surface area contributed by atoms with Gasteiger partial charge in [0.1, 0.15) is 48.5 Å². The van der Waals surface area contributed by atoms with Crippen LogP contribution in [0.4, 0.5) is 5.82 Å². The minimum Gasteiger partial charge on any atom is -0.408 e. The van der Waals surface area contributed by atoms with E-state index in [9.17, 15) is 14.3 Å². The summed E-state index contributed by atoms with van der Waals surface area (Å²) >= 11 is 10.2. The first-order valence-corrected chi connectivity index (χ1v) is 29.8. The van der Waals surface area contributed by atoms with Gasteiger partial charge in [-0.25, -0.2) is 24.5 Å². The van der Waals surface area contributed by atoms with E-state index in [2.05, 4.69) is 86.8 Å². The van der Waals surface area contributed by atoms with Gasteiger partial charge in [-0.15, -0.1) is 0 Å². The van der Waals surface area contributed by atoms with Gasteiger partial charge in [0.25, 0.3) is 5.56 Å². The SMILES string of the molecule is CC(C)(C)[Si](C)(C)O[C@@H]1[C@@H]2OP(O)(=S)OC[C@H]3O[C@@H](n4ccc(=O)n5ccnc45)[C@H](OP(=O)(S)OC[C@H]2O[C@H]1n1cnc2c(N)ncnc21)[C@@H]3O[Si](C)(C)C(C)(C)C. The Morgan fingerprint density at radius 3 is 2.19 bits per heavy atom. The second kappa shape index (κ2) is 15.5. The lowest BCUT2D eigenvalue weighted by atomic mass is 10.1. The maximum absolute atomic E-state index is 14.6. The molecule has 3 N–H and O–H groups in total. The van der Waals surface area contributed by atoms with Gasteiger partial charge in [0.15, 0.2) is 40.6 Å². The van der Waals surface area contributed by atoms with Crippen LogP contribution in [0.5, 0.6) is 0 Å². The molecule has 3 fully saturated rings. The van der Waals surface area contributed by atoms with Crippen LogP contribution in [0.1, 0.15) is 54.0 Å². The Hall–Kier alpha value is -1.93. The van der Waals surface area contributed by atoms with Gasteiger partial charge in [0, 0.05) is 24.7 Å². The largest absolute Gasteiger partial charge is 0.408 e. The number of thiol groups is 1. The molecule has 4 aromatic heterocycles. The van der Waals surface area contributed by atoms with Gasteiger partial charge in [-0.2, -0.15) is 0 Å². The molecule has 4 aromatic rings. The molecule has 0 saturated carbocycles. The predicted octanol–water partition coefficient (Wildman–Crippen LogP) is 5.57. The molecular formula is C33H52N8O11P2S2Si2. The van der Waals surface area contributed by atoms with E-state index < -0.39 is 85.8 Å². The summed E-state index contributed by atoms with van der Waals surface area (Å²) in [5, 5.41) is -0.555. The molecule has 58 heavy (non-hydrogen) atoms. The number of nitrogens with two attached hydrogens (primary N) is 1. The zero-order chi connectivity index (χ0) is 42.4. The minimum atomic E-state index is -4.35. The maximum atomic E-state index is 14.6. The molecule has 3 aliphatic heterocycles. The second-order valence-corrected chi connectivity index (χ2v) is 32.9. The molecule has 25 heteroatoms. The van der Waals surface area contributed by atoms with Crippen molar-refractivity contribution < 1.29 is 45.9 Å². The van der Waals surface area contributed by atoms with Gasteiger partial charge in [0.05, 0.1) is 19.5 Å². The summed E-state index contributed by atoms with van der Waals surface area (Å²) < 4.78 is 71.4. The van der Waals surface area contributed by atoms with Crippen LogP contribution in [0.3, 0.4) is 0 Å². The summed E-state index contributed by atoms with van der Waals surface area (Å²) in [6.07, 6.45) is -1.02. The quantitative estimate of drug-likeness (QED) is 0.122. The number of hydrogen-bond donors (Lipinski definition) is 3. The number of imidazole rings is 2. The molecule has 2 unspecified atom stereocenters. The highest BCUT2D eigenvalue weighted by Crippen LogP contribution is 2.59. The molecule has 3 saturated heterocycles. The molecule has 0 aliphatic carbocycles. The lowest BCUT2D eigenvalue weighted by Crippen LogP contribution is -2.50. The van der Waals surface area contributed by atoms with Crippen LogP contribution >= 0.6 is 25.8 Å². The standard InChI is InChI=1S/C33H52N8O11P2S2Si2/c1-32(2,3)57(7,8)51-24-20-16-46-53(43,55)49-23-19(15-45-54(44,56)50-25(24)29(48-20)40-13-11-21(42)39-14-12-35-31(39)40)47-30(26(23)52-58(9,10)33(4,5)6)41-18-38-22-27(34)36-17-37-28(22)41/h11-14,17-20,23-26,29-30H,15-16H2,1-10H3,(H,43,55)(H,44,56)(H2,34,36,37)/t19-,20-,23-,24-,25-,26-,29-,30-,53?,54?/m1/s1. The summed E-state index contributed by atoms with van der Waals surface area (Å²) in [4.78, 5) is 42.0. The molecule has 0 spiro atoms. The summed E-state index contributed by atoms with van der Waals surface area (Å²) in [7, 11) is -5.28. The third-order valence-electron chi connectivity index (χ3n) is 11.8. The summed E-state index contributed by atoms with van der Waals surface area (Å²) in [5.41, 5.74) is 6.53. The van der Waals surface area contributed by atoms with Gasteiger partial charge in [0.2, 0.25) is 5.78 Å². The van der Waals surface area contributed by atoms with E-state index in [1.165, 1.54) is 41.7 Å². The number of anilines is 1. The van der Waals surface area contributed by atoms with Crippen molar-refractivity contribution in [2.24, 2.45) is 0 Å². The fourth-order valence-corrected chi connectivity index (χ4v) is 12.1. The van der Waals surface area contributed by atoms with Crippen molar-refractivity contribution in [3.63, 3.8) is 0 Å². The number of nitrogens with zero attached hydrogens (tertiary/aromatic N) is 7. The Labute approximate surface area is 348 Å². The average Bonchev–Trinajstić information content (AvgIpc) is 3.89. The fourth-order valence-electron chi connectivity index (χ4n) is 6.58. The molecule has 0 amide bonds. The Bertz CT molecular complexity index is 2340. The summed E-state index contributed by atoms with van der Waals surface area (Å²) in [6.45, 7) is 11.4. The van der Waals surface area contributed by atoms with Crippen LogP contribution in [0.25, 0.3) is 16.9 Å². The lowest BCUT2D eigenvalue weighted by Gasteiger charge is -2.41. The van der Waals surface area contributed by atoms with E-state index >= 15 is 0 Å². The lowest BCUT2D eigenvalue weighted by molar-refractivity contribution is -0.0588. The van der Waals surface area contributed by atoms with Gasteiger partial charge in [-0.05, 0) is 48.1 Å².